The highest BCUT2D eigenvalue weighted by atomic mass is 35.5. The number of methoxy groups -OCH3 is 1. The second-order valence-electron chi connectivity index (χ2n) is 6.05. The Kier molecular flexibility index (Phi) is 9.29. The number of carbonyl (C=O) groups excluding carboxylic acids is 3. The van der Waals surface area contributed by atoms with Crippen LogP contribution in [0.1, 0.15) is 5.56 Å². The Morgan fingerprint density at radius 2 is 1.83 bits per heavy atom. The van der Waals surface area contributed by atoms with Gasteiger partial charge in [0.15, 0.2) is 6.61 Å². The van der Waals surface area contributed by atoms with Crippen molar-refractivity contribution < 1.29 is 23.9 Å². The van der Waals surface area contributed by atoms with E-state index < -0.39 is 24.4 Å². The SMILES string of the molecule is COc1ccc(C)cc1NC(=O)CNC(=O)COC(=O)CSc1cc(Cl)ccc1Cl. The van der Waals surface area contributed by atoms with E-state index in [1.807, 2.05) is 13.0 Å². The van der Waals surface area contributed by atoms with Crippen LogP contribution in [-0.2, 0) is 19.1 Å². The molecule has 2 N–H and O–H groups in total. The van der Waals surface area contributed by atoms with Crippen molar-refractivity contribution in [3.05, 3.63) is 52.0 Å². The zero-order chi connectivity index (χ0) is 22.1. The summed E-state index contributed by atoms with van der Waals surface area (Å²) in [5.41, 5.74) is 1.44. The van der Waals surface area contributed by atoms with Crippen LogP contribution in [0.3, 0.4) is 0 Å². The molecule has 0 atom stereocenters. The Balaban J connectivity index is 1.71. The number of nitrogens with one attached hydrogen (secondary N) is 2. The lowest BCUT2D eigenvalue weighted by molar-refractivity contribution is -0.146. The number of benzene rings is 2. The van der Waals surface area contributed by atoms with Crippen LogP contribution in [0.15, 0.2) is 41.3 Å². The van der Waals surface area contributed by atoms with E-state index in [0.29, 0.717) is 26.4 Å². The third-order valence-electron chi connectivity index (χ3n) is 3.68. The molecule has 2 amide bonds. The predicted octanol–water partition coefficient (Wildman–Crippen LogP) is 3.70. The minimum absolute atomic E-state index is 0.0407. The van der Waals surface area contributed by atoms with Crippen molar-refractivity contribution in [2.24, 2.45) is 0 Å². The average Bonchev–Trinajstić information content (AvgIpc) is 2.71. The quantitative estimate of drug-likeness (QED) is 0.428. The molecule has 7 nitrogen and oxygen atoms in total. The zero-order valence-electron chi connectivity index (χ0n) is 16.3. The van der Waals surface area contributed by atoms with Gasteiger partial charge in [0.05, 0.1) is 30.1 Å². The molecule has 0 aliphatic heterocycles. The summed E-state index contributed by atoms with van der Waals surface area (Å²) in [6.45, 7) is 1.11. The van der Waals surface area contributed by atoms with Gasteiger partial charge in [-0.3, -0.25) is 14.4 Å². The molecular formula is C20H20Cl2N2O5S. The smallest absolute Gasteiger partial charge is 0.316 e. The van der Waals surface area contributed by atoms with Crippen LogP contribution >= 0.6 is 35.0 Å². The van der Waals surface area contributed by atoms with Gasteiger partial charge in [-0.1, -0.05) is 29.3 Å². The van der Waals surface area contributed by atoms with E-state index in [4.69, 9.17) is 32.7 Å². The fourth-order valence-electron chi connectivity index (χ4n) is 2.26. The molecule has 0 fully saturated rings. The van der Waals surface area contributed by atoms with Crippen LogP contribution in [0.4, 0.5) is 5.69 Å². The van der Waals surface area contributed by atoms with Crippen molar-refractivity contribution in [3.8, 4) is 5.75 Å². The molecule has 10 heteroatoms. The number of halogens is 2. The molecule has 0 spiro atoms. The number of thioether (sulfide) groups is 1. The fraction of sp³-hybridized carbons (Fsp3) is 0.250. The number of amides is 2. The lowest BCUT2D eigenvalue weighted by atomic mass is 10.2. The molecule has 0 saturated carbocycles. The first-order valence-electron chi connectivity index (χ1n) is 8.73. The van der Waals surface area contributed by atoms with Crippen molar-refractivity contribution in [1.29, 1.82) is 0 Å². The van der Waals surface area contributed by atoms with Gasteiger partial charge in [0.2, 0.25) is 5.91 Å². The molecule has 0 unspecified atom stereocenters. The highest BCUT2D eigenvalue weighted by molar-refractivity contribution is 8.00. The van der Waals surface area contributed by atoms with E-state index in [9.17, 15) is 14.4 Å². The Morgan fingerprint density at radius 1 is 1.07 bits per heavy atom. The molecule has 0 aromatic heterocycles. The molecule has 0 aliphatic rings. The molecule has 2 aromatic rings. The van der Waals surface area contributed by atoms with Gasteiger partial charge < -0.3 is 20.1 Å². The first-order chi connectivity index (χ1) is 14.3. The van der Waals surface area contributed by atoms with Crippen LogP contribution in [0.25, 0.3) is 0 Å². The van der Waals surface area contributed by atoms with E-state index in [-0.39, 0.29) is 12.3 Å². The Hall–Kier alpha value is -2.42. The highest BCUT2D eigenvalue weighted by Crippen LogP contribution is 2.29. The van der Waals surface area contributed by atoms with Crippen LogP contribution in [0, 0.1) is 6.92 Å². The predicted molar refractivity (Wildman–Crippen MR) is 118 cm³/mol. The maximum absolute atomic E-state index is 12.0. The molecule has 160 valence electrons. The summed E-state index contributed by atoms with van der Waals surface area (Å²) in [6, 6.07) is 10.2. The molecule has 0 saturated heterocycles. The monoisotopic (exact) mass is 470 g/mol. The van der Waals surface area contributed by atoms with Gasteiger partial charge in [0.1, 0.15) is 5.75 Å². The summed E-state index contributed by atoms with van der Waals surface area (Å²) in [6.07, 6.45) is 0. The number of ether oxygens (including phenoxy) is 2. The summed E-state index contributed by atoms with van der Waals surface area (Å²) in [5.74, 6) is -1.17. The third kappa shape index (κ3) is 7.78. The molecule has 2 rings (SSSR count). The van der Waals surface area contributed by atoms with Gasteiger partial charge in [0, 0.05) is 9.92 Å². The van der Waals surface area contributed by atoms with E-state index in [1.54, 1.807) is 30.3 Å². The summed E-state index contributed by atoms with van der Waals surface area (Å²) < 4.78 is 10.1. The van der Waals surface area contributed by atoms with E-state index in [2.05, 4.69) is 10.6 Å². The van der Waals surface area contributed by atoms with Crippen molar-refractivity contribution >= 4 is 58.4 Å². The van der Waals surface area contributed by atoms with Gasteiger partial charge in [-0.2, -0.15) is 0 Å². The minimum atomic E-state index is -0.597. The number of hydrogen-bond donors (Lipinski definition) is 2. The second kappa shape index (κ2) is 11.7. The molecule has 0 heterocycles. The summed E-state index contributed by atoms with van der Waals surface area (Å²) in [4.78, 5) is 36.3. The Labute approximate surface area is 188 Å². The van der Waals surface area contributed by atoms with Crippen molar-refractivity contribution in [1.82, 2.24) is 5.32 Å². The lowest BCUT2D eigenvalue weighted by Crippen LogP contribution is -2.35. The maximum Gasteiger partial charge on any atom is 0.316 e. The van der Waals surface area contributed by atoms with Crippen molar-refractivity contribution in [3.63, 3.8) is 0 Å². The van der Waals surface area contributed by atoms with Crippen molar-refractivity contribution in [2.75, 3.05) is 31.3 Å². The number of rotatable bonds is 9. The van der Waals surface area contributed by atoms with Crippen LogP contribution < -0.4 is 15.4 Å². The van der Waals surface area contributed by atoms with E-state index in [0.717, 1.165) is 17.3 Å². The molecule has 30 heavy (non-hydrogen) atoms. The van der Waals surface area contributed by atoms with Gasteiger partial charge in [0.25, 0.3) is 5.91 Å². The molecule has 0 radical (unpaired) electrons. The Morgan fingerprint density at radius 3 is 2.57 bits per heavy atom. The van der Waals surface area contributed by atoms with Gasteiger partial charge >= 0.3 is 5.97 Å². The largest absolute Gasteiger partial charge is 0.495 e. The number of aryl methyl sites for hydroxylation is 1. The second-order valence-corrected chi connectivity index (χ2v) is 7.91. The van der Waals surface area contributed by atoms with Crippen molar-refractivity contribution in [2.45, 2.75) is 11.8 Å². The maximum atomic E-state index is 12.0. The van der Waals surface area contributed by atoms with Crippen LogP contribution in [0.2, 0.25) is 10.0 Å². The minimum Gasteiger partial charge on any atom is -0.495 e. The topological polar surface area (TPSA) is 93.7 Å². The normalized spacial score (nSPS) is 10.3. The van der Waals surface area contributed by atoms with Crippen LogP contribution in [-0.4, -0.2) is 43.8 Å². The van der Waals surface area contributed by atoms with Gasteiger partial charge in [-0.15, -0.1) is 11.8 Å². The summed E-state index contributed by atoms with van der Waals surface area (Å²) in [7, 11) is 1.50. The molecule has 2 aromatic carbocycles. The first-order valence-corrected chi connectivity index (χ1v) is 10.5. The fourth-order valence-corrected chi connectivity index (χ4v) is 3.55. The van der Waals surface area contributed by atoms with E-state index in [1.165, 1.54) is 7.11 Å². The summed E-state index contributed by atoms with van der Waals surface area (Å²) >= 11 is 13.1. The first kappa shape index (κ1) is 23.9. The van der Waals surface area contributed by atoms with Gasteiger partial charge in [-0.05, 0) is 42.8 Å². The number of anilines is 1. The lowest BCUT2D eigenvalue weighted by Gasteiger charge is -2.11. The number of hydrogen-bond acceptors (Lipinski definition) is 6. The molecule has 0 aliphatic carbocycles. The highest BCUT2D eigenvalue weighted by Gasteiger charge is 2.12. The number of esters is 1. The standard InChI is InChI=1S/C20H20Cl2N2O5S/c1-12-3-6-16(28-2)15(7-12)24-18(25)9-23-19(26)10-29-20(27)11-30-17-8-13(21)4-5-14(17)22/h3-8H,9-11H2,1-2H3,(H,23,26)(H,24,25). The van der Waals surface area contributed by atoms with Crippen LogP contribution in [0.5, 0.6) is 5.75 Å². The Bertz CT molecular complexity index is 939. The third-order valence-corrected chi connectivity index (χ3v) is 5.38. The number of carbonyl (C=O) groups is 3. The van der Waals surface area contributed by atoms with Gasteiger partial charge in [-0.25, -0.2) is 0 Å². The molecular weight excluding hydrogens is 451 g/mol. The molecule has 0 bridgehead atoms. The van der Waals surface area contributed by atoms with E-state index >= 15 is 0 Å². The average molecular weight is 471 g/mol. The zero-order valence-corrected chi connectivity index (χ0v) is 18.6. The summed E-state index contributed by atoms with van der Waals surface area (Å²) in [5, 5.41) is 6.00.